The van der Waals surface area contributed by atoms with Crippen LogP contribution in [0.3, 0.4) is 0 Å². The number of imide groups is 3. The molecule has 0 spiro atoms. The molecule has 7 heteroatoms. The standard InChI is InChI=1S/C13H15N3O4/c1-20-7(6-14)5-10(17)16-12(18)8-3-2-4-9(15)11(8)13(16)19/h2-4,7H,5-6,14-15H2,1H3. The maximum Gasteiger partial charge on any atom is 0.270 e. The van der Waals surface area contributed by atoms with Gasteiger partial charge in [-0.3, -0.25) is 14.4 Å². The number of carbonyl (C=O) groups is 3. The Hall–Kier alpha value is -2.25. The number of nitrogens with two attached hydrogens (primary N) is 2. The molecule has 20 heavy (non-hydrogen) atoms. The van der Waals surface area contributed by atoms with E-state index in [1.165, 1.54) is 19.2 Å². The molecule has 1 aliphatic heterocycles. The van der Waals surface area contributed by atoms with Crippen molar-refractivity contribution in [1.29, 1.82) is 0 Å². The highest BCUT2D eigenvalue weighted by atomic mass is 16.5. The van der Waals surface area contributed by atoms with Gasteiger partial charge < -0.3 is 16.2 Å². The maximum atomic E-state index is 12.2. The van der Waals surface area contributed by atoms with Crippen LogP contribution in [0.4, 0.5) is 5.69 Å². The first kappa shape index (κ1) is 14.2. The molecule has 0 fully saturated rings. The number of anilines is 1. The second-order valence-corrected chi connectivity index (χ2v) is 4.41. The molecule has 3 amide bonds. The number of hydrogen-bond donors (Lipinski definition) is 2. The third-order valence-corrected chi connectivity index (χ3v) is 3.20. The Morgan fingerprint density at radius 1 is 1.35 bits per heavy atom. The van der Waals surface area contributed by atoms with Crippen LogP contribution in [-0.2, 0) is 9.53 Å². The summed E-state index contributed by atoms with van der Waals surface area (Å²) >= 11 is 0. The fraction of sp³-hybridized carbons (Fsp3) is 0.308. The van der Waals surface area contributed by atoms with Crippen LogP contribution in [0.5, 0.6) is 0 Å². The van der Waals surface area contributed by atoms with E-state index in [-0.39, 0.29) is 29.8 Å². The van der Waals surface area contributed by atoms with Gasteiger partial charge in [-0.2, -0.15) is 0 Å². The summed E-state index contributed by atoms with van der Waals surface area (Å²) < 4.78 is 4.98. The quantitative estimate of drug-likeness (QED) is 0.579. The number of amides is 3. The number of fused-ring (bicyclic) bond motifs is 1. The molecular weight excluding hydrogens is 262 g/mol. The summed E-state index contributed by atoms with van der Waals surface area (Å²) in [6.07, 6.45) is -0.678. The van der Waals surface area contributed by atoms with Crippen LogP contribution in [0, 0.1) is 0 Å². The summed E-state index contributed by atoms with van der Waals surface area (Å²) in [4.78, 5) is 37.0. The first-order valence-corrected chi connectivity index (χ1v) is 6.04. The van der Waals surface area contributed by atoms with Crippen LogP contribution < -0.4 is 11.5 Å². The fourth-order valence-electron chi connectivity index (χ4n) is 2.09. The summed E-state index contributed by atoms with van der Waals surface area (Å²) in [5.74, 6) is -2.00. The van der Waals surface area contributed by atoms with Crippen LogP contribution in [0.15, 0.2) is 18.2 Å². The lowest BCUT2D eigenvalue weighted by Gasteiger charge is -2.16. The second-order valence-electron chi connectivity index (χ2n) is 4.41. The topological polar surface area (TPSA) is 116 Å². The first-order chi connectivity index (χ1) is 9.51. The van der Waals surface area contributed by atoms with Gasteiger partial charge in [-0.15, -0.1) is 0 Å². The molecule has 1 atom stereocenters. The highest BCUT2D eigenvalue weighted by Gasteiger charge is 2.41. The molecule has 2 rings (SSSR count). The predicted octanol–water partition coefficient (Wildman–Crippen LogP) is -0.245. The molecule has 0 saturated carbocycles. The predicted molar refractivity (Wildman–Crippen MR) is 70.8 cm³/mol. The van der Waals surface area contributed by atoms with Crippen molar-refractivity contribution in [3.05, 3.63) is 29.3 Å². The lowest BCUT2D eigenvalue weighted by atomic mass is 10.1. The molecule has 0 aliphatic carbocycles. The van der Waals surface area contributed by atoms with E-state index in [0.29, 0.717) is 4.90 Å². The number of ether oxygens (including phenoxy) is 1. The van der Waals surface area contributed by atoms with Crippen molar-refractivity contribution in [2.75, 3.05) is 19.4 Å². The Balaban J connectivity index is 2.29. The van der Waals surface area contributed by atoms with E-state index in [9.17, 15) is 14.4 Å². The van der Waals surface area contributed by atoms with Gasteiger partial charge in [-0.05, 0) is 12.1 Å². The zero-order valence-electron chi connectivity index (χ0n) is 11.0. The van der Waals surface area contributed by atoms with Crippen molar-refractivity contribution >= 4 is 23.4 Å². The molecular formula is C13H15N3O4. The third kappa shape index (κ3) is 2.17. The highest BCUT2D eigenvalue weighted by molar-refractivity contribution is 6.30. The number of hydrogen-bond acceptors (Lipinski definition) is 6. The zero-order chi connectivity index (χ0) is 14.9. The van der Waals surface area contributed by atoms with E-state index in [1.807, 2.05) is 0 Å². The van der Waals surface area contributed by atoms with Crippen molar-refractivity contribution < 1.29 is 19.1 Å². The van der Waals surface area contributed by atoms with Gasteiger partial charge in [0, 0.05) is 19.3 Å². The van der Waals surface area contributed by atoms with Crippen molar-refractivity contribution in [2.24, 2.45) is 5.73 Å². The minimum absolute atomic E-state index is 0.0764. The zero-order valence-corrected chi connectivity index (χ0v) is 11.0. The summed E-state index contributed by atoms with van der Waals surface area (Å²) in [5, 5.41) is 0. The number of rotatable bonds is 4. The van der Waals surface area contributed by atoms with Gasteiger partial charge in [0.15, 0.2) is 0 Å². The second kappa shape index (κ2) is 5.40. The van der Waals surface area contributed by atoms with Gasteiger partial charge in [0.05, 0.1) is 23.7 Å². The van der Waals surface area contributed by atoms with Gasteiger partial charge >= 0.3 is 0 Å². The molecule has 0 bridgehead atoms. The molecule has 0 saturated heterocycles. The molecule has 1 heterocycles. The number of nitrogens with zero attached hydrogens (tertiary/aromatic N) is 1. The lowest BCUT2D eigenvalue weighted by molar-refractivity contribution is -0.128. The van der Waals surface area contributed by atoms with Gasteiger partial charge in [0.25, 0.3) is 11.8 Å². The summed E-state index contributed by atoms with van der Waals surface area (Å²) in [5.41, 5.74) is 11.5. The summed E-state index contributed by atoms with van der Waals surface area (Å²) in [6, 6.07) is 4.54. The van der Waals surface area contributed by atoms with E-state index in [0.717, 1.165) is 0 Å². The summed E-state index contributed by atoms with van der Waals surface area (Å²) in [7, 11) is 1.41. The Labute approximate surface area is 115 Å². The van der Waals surface area contributed by atoms with Crippen LogP contribution >= 0.6 is 0 Å². The van der Waals surface area contributed by atoms with Crippen LogP contribution in [0.25, 0.3) is 0 Å². The molecule has 106 valence electrons. The van der Waals surface area contributed by atoms with E-state index < -0.39 is 23.8 Å². The van der Waals surface area contributed by atoms with Crippen molar-refractivity contribution in [1.82, 2.24) is 4.90 Å². The SMILES string of the molecule is COC(CN)CC(=O)N1C(=O)c2cccc(N)c2C1=O. The molecule has 1 unspecified atom stereocenters. The van der Waals surface area contributed by atoms with Gasteiger partial charge in [-0.1, -0.05) is 6.07 Å². The van der Waals surface area contributed by atoms with Crippen molar-refractivity contribution in [3.8, 4) is 0 Å². The molecule has 0 aromatic heterocycles. The minimum Gasteiger partial charge on any atom is -0.398 e. The number of nitrogen functional groups attached to an aromatic ring is 1. The largest absolute Gasteiger partial charge is 0.398 e. The Morgan fingerprint density at radius 3 is 2.60 bits per heavy atom. The van der Waals surface area contributed by atoms with E-state index >= 15 is 0 Å². The summed E-state index contributed by atoms with van der Waals surface area (Å²) in [6.45, 7) is 0.119. The maximum absolute atomic E-state index is 12.2. The van der Waals surface area contributed by atoms with E-state index in [1.54, 1.807) is 6.07 Å². The van der Waals surface area contributed by atoms with Crippen molar-refractivity contribution in [2.45, 2.75) is 12.5 Å². The number of benzene rings is 1. The highest BCUT2D eigenvalue weighted by Crippen LogP contribution is 2.28. The molecule has 1 aromatic carbocycles. The van der Waals surface area contributed by atoms with Crippen LogP contribution in [-0.4, -0.2) is 42.4 Å². The third-order valence-electron chi connectivity index (χ3n) is 3.20. The van der Waals surface area contributed by atoms with Crippen LogP contribution in [0.2, 0.25) is 0 Å². The fourth-order valence-corrected chi connectivity index (χ4v) is 2.09. The van der Waals surface area contributed by atoms with Crippen LogP contribution in [0.1, 0.15) is 27.1 Å². The first-order valence-electron chi connectivity index (χ1n) is 6.04. The van der Waals surface area contributed by atoms with E-state index in [2.05, 4.69) is 0 Å². The average Bonchev–Trinajstić information content (AvgIpc) is 2.69. The normalized spacial score (nSPS) is 15.4. The Bertz CT molecular complexity index is 581. The lowest BCUT2D eigenvalue weighted by Crippen LogP contribution is -2.39. The number of carbonyl (C=O) groups excluding carboxylic acids is 3. The minimum atomic E-state index is -0.694. The average molecular weight is 277 g/mol. The molecule has 7 nitrogen and oxygen atoms in total. The monoisotopic (exact) mass is 277 g/mol. The van der Waals surface area contributed by atoms with Gasteiger partial charge in [-0.25, -0.2) is 4.90 Å². The Kier molecular flexibility index (Phi) is 3.82. The van der Waals surface area contributed by atoms with Gasteiger partial charge in [0.2, 0.25) is 5.91 Å². The molecule has 4 N–H and O–H groups in total. The Morgan fingerprint density at radius 2 is 2.05 bits per heavy atom. The van der Waals surface area contributed by atoms with Gasteiger partial charge in [0.1, 0.15) is 0 Å². The smallest absolute Gasteiger partial charge is 0.270 e. The molecule has 1 aromatic rings. The molecule has 0 radical (unpaired) electrons. The number of methoxy groups -OCH3 is 1. The van der Waals surface area contributed by atoms with Crippen molar-refractivity contribution in [3.63, 3.8) is 0 Å². The van der Waals surface area contributed by atoms with E-state index in [4.69, 9.17) is 16.2 Å². The molecule has 1 aliphatic rings.